The van der Waals surface area contributed by atoms with Crippen molar-refractivity contribution in [2.24, 2.45) is 0 Å². The van der Waals surface area contributed by atoms with Crippen LogP contribution in [0.1, 0.15) is 0 Å². The van der Waals surface area contributed by atoms with E-state index in [4.69, 9.17) is 33.2 Å². The van der Waals surface area contributed by atoms with E-state index in [1.54, 1.807) is 0 Å². The van der Waals surface area contributed by atoms with E-state index in [1.807, 2.05) is 0 Å². The highest BCUT2D eigenvalue weighted by Gasteiger charge is 2.22. The molecule has 0 unspecified atom stereocenters. The van der Waals surface area contributed by atoms with Gasteiger partial charge in [-0.05, 0) is 0 Å². The summed E-state index contributed by atoms with van der Waals surface area (Å²) in [5, 5.41) is 0.832. The highest BCUT2D eigenvalue weighted by atomic mass is 79.9. The number of alkyl halides is 1. The zero-order valence-electron chi connectivity index (χ0n) is 18.0. The topological polar surface area (TPSA) is 102 Å². The molecule has 0 spiro atoms. The second-order valence-corrected chi connectivity index (χ2v) is 6.93. The first-order valence-electron chi connectivity index (χ1n) is 10.4. The summed E-state index contributed by atoms with van der Waals surface area (Å²) in [6, 6.07) is 0. The second kappa shape index (κ2) is 21.0. The molecule has 0 fully saturated rings. The number of ether oxygens (including phenoxy) is 7. The fraction of sp³-hybridized carbons (Fsp3) is 0.800. The molecule has 0 saturated heterocycles. The van der Waals surface area contributed by atoms with Gasteiger partial charge in [0.15, 0.2) is 0 Å². The van der Waals surface area contributed by atoms with Crippen molar-refractivity contribution in [2.75, 3.05) is 104 Å². The van der Waals surface area contributed by atoms with Gasteiger partial charge in [-0.1, -0.05) is 15.9 Å². The molecule has 0 saturated carbocycles. The molecule has 0 aromatic carbocycles. The molecule has 2 amide bonds. The molecule has 11 heteroatoms. The van der Waals surface area contributed by atoms with Crippen LogP contribution in [0.5, 0.6) is 0 Å². The number of hydrogen-bond acceptors (Lipinski definition) is 9. The van der Waals surface area contributed by atoms with Crippen molar-refractivity contribution in [2.45, 2.75) is 0 Å². The Morgan fingerprint density at radius 2 is 0.806 bits per heavy atom. The number of amides is 2. The molecule has 1 aliphatic rings. The maximum atomic E-state index is 11.3. The normalized spacial score (nSPS) is 13.6. The van der Waals surface area contributed by atoms with E-state index in [0.29, 0.717) is 92.5 Å². The Labute approximate surface area is 192 Å². The molecule has 1 aliphatic heterocycles. The first kappa shape index (κ1) is 28.1. The molecule has 180 valence electrons. The van der Waals surface area contributed by atoms with Gasteiger partial charge in [0.1, 0.15) is 0 Å². The van der Waals surface area contributed by atoms with Crippen LogP contribution in [-0.2, 0) is 42.7 Å². The summed E-state index contributed by atoms with van der Waals surface area (Å²) in [5.41, 5.74) is 0. The summed E-state index contributed by atoms with van der Waals surface area (Å²) < 4.78 is 37.5. The van der Waals surface area contributed by atoms with Crippen molar-refractivity contribution in [3.8, 4) is 0 Å². The van der Waals surface area contributed by atoms with Crippen LogP contribution in [0.4, 0.5) is 0 Å². The molecule has 1 rings (SSSR count). The summed E-state index contributed by atoms with van der Waals surface area (Å²) in [6.07, 6.45) is 2.51. The lowest BCUT2D eigenvalue weighted by Gasteiger charge is -2.13. The number of nitrogens with zero attached hydrogens (tertiary/aromatic N) is 1. The Morgan fingerprint density at radius 3 is 1.13 bits per heavy atom. The molecule has 0 bridgehead atoms. The molecular formula is C20H34BrNO9. The molecule has 1 heterocycles. The lowest BCUT2D eigenvalue weighted by Crippen LogP contribution is -2.33. The Balaban J connectivity index is 1.68. The van der Waals surface area contributed by atoms with Crippen LogP contribution in [0.2, 0.25) is 0 Å². The highest BCUT2D eigenvalue weighted by Crippen LogP contribution is 2.02. The summed E-state index contributed by atoms with van der Waals surface area (Å²) in [7, 11) is 0. The molecule has 0 N–H and O–H groups in total. The lowest BCUT2D eigenvalue weighted by molar-refractivity contribution is -0.137. The van der Waals surface area contributed by atoms with Crippen LogP contribution in [0, 0.1) is 0 Å². The van der Waals surface area contributed by atoms with Crippen molar-refractivity contribution in [3.05, 3.63) is 12.2 Å². The van der Waals surface area contributed by atoms with Crippen LogP contribution in [0.25, 0.3) is 0 Å². The van der Waals surface area contributed by atoms with Crippen LogP contribution < -0.4 is 0 Å². The van der Waals surface area contributed by atoms with Crippen LogP contribution >= 0.6 is 15.9 Å². The van der Waals surface area contributed by atoms with E-state index >= 15 is 0 Å². The van der Waals surface area contributed by atoms with Gasteiger partial charge in [-0.15, -0.1) is 0 Å². The predicted molar refractivity (Wildman–Crippen MR) is 115 cm³/mol. The first-order chi connectivity index (χ1) is 15.3. The standard InChI is InChI=1S/C20H34BrNO9/c21-3-5-25-7-9-27-11-13-29-15-17-31-18-16-30-14-12-28-10-8-26-6-4-22-19(23)1-2-20(22)24/h1-2H,3-18H2. The summed E-state index contributed by atoms with van der Waals surface area (Å²) in [5.74, 6) is -0.599. The third-order valence-corrected chi connectivity index (χ3v) is 4.14. The van der Waals surface area contributed by atoms with Gasteiger partial charge in [0.05, 0.1) is 99.0 Å². The Hall–Kier alpha value is -0.920. The molecule has 31 heavy (non-hydrogen) atoms. The van der Waals surface area contributed by atoms with Gasteiger partial charge in [0, 0.05) is 17.5 Å². The zero-order valence-corrected chi connectivity index (χ0v) is 19.6. The third-order valence-electron chi connectivity index (χ3n) is 3.81. The molecule has 0 aromatic rings. The number of carbonyl (C=O) groups is 2. The fourth-order valence-electron chi connectivity index (χ4n) is 2.28. The number of carbonyl (C=O) groups excluding carboxylic acids is 2. The fourth-order valence-corrected chi connectivity index (χ4v) is 2.51. The van der Waals surface area contributed by atoms with E-state index in [2.05, 4.69) is 15.9 Å². The Bertz CT molecular complexity index is 475. The Kier molecular flexibility index (Phi) is 19.0. The van der Waals surface area contributed by atoms with Crippen LogP contribution in [-0.4, -0.2) is 121 Å². The predicted octanol–water partition coefficient (Wildman–Crippen LogP) is 0.423. The monoisotopic (exact) mass is 511 g/mol. The quantitative estimate of drug-likeness (QED) is 0.110. The van der Waals surface area contributed by atoms with Crippen molar-refractivity contribution < 1.29 is 42.7 Å². The first-order valence-corrected chi connectivity index (χ1v) is 11.5. The Morgan fingerprint density at radius 1 is 0.516 bits per heavy atom. The number of imide groups is 1. The van der Waals surface area contributed by atoms with E-state index in [9.17, 15) is 9.59 Å². The molecule has 0 atom stereocenters. The van der Waals surface area contributed by atoms with E-state index < -0.39 is 0 Å². The zero-order chi connectivity index (χ0) is 22.4. The average molecular weight is 512 g/mol. The van der Waals surface area contributed by atoms with Gasteiger partial charge in [-0.3, -0.25) is 14.5 Å². The summed E-state index contributed by atoms with van der Waals surface area (Å²) >= 11 is 3.28. The SMILES string of the molecule is O=C1C=CC(=O)N1CCOCCOCCOCCOCCOCCOCCOCCBr. The van der Waals surface area contributed by atoms with Crippen LogP contribution in [0.3, 0.4) is 0 Å². The number of halogens is 1. The number of hydrogen-bond donors (Lipinski definition) is 0. The van der Waals surface area contributed by atoms with Crippen molar-refractivity contribution in [1.82, 2.24) is 4.90 Å². The van der Waals surface area contributed by atoms with Crippen LogP contribution in [0.15, 0.2) is 12.2 Å². The van der Waals surface area contributed by atoms with Gasteiger partial charge >= 0.3 is 0 Å². The third kappa shape index (κ3) is 16.4. The number of rotatable bonds is 23. The smallest absolute Gasteiger partial charge is 0.253 e. The minimum absolute atomic E-state index is 0.250. The van der Waals surface area contributed by atoms with E-state index in [0.717, 1.165) is 10.2 Å². The minimum Gasteiger partial charge on any atom is -0.378 e. The maximum Gasteiger partial charge on any atom is 0.253 e. The second-order valence-electron chi connectivity index (χ2n) is 6.14. The van der Waals surface area contributed by atoms with E-state index in [1.165, 1.54) is 12.2 Å². The molecule has 0 radical (unpaired) electrons. The molecular weight excluding hydrogens is 478 g/mol. The molecule has 0 aliphatic carbocycles. The molecule has 0 aromatic heterocycles. The van der Waals surface area contributed by atoms with Gasteiger partial charge in [-0.2, -0.15) is 0 Å². The van der Waals surface area contributed by atoms with Gasteiger partial charge < -0.3 is 33.2 Å². The summed E-state index contributed by atoms with van der Waals surface area (Å²) in [4.78, 5) is 23.8. The van der Waals surface area contributed by atoms with Crippen molar-refractivity contribution in [3.63, 3.8) is 0 Å². The van der Waals surface area contributed by atoms with E-state index in [-0.39, 0.29) is 18.4 Å². The van der Waals surface area contributed by atoms with Gasteiger partial charge in [0.25, 0.3) is 11.8 Å². The molecule has 10 nitrogen and oxygen atoms in total. The van der Waals surface area contributed by atoms with Crippen molar-refractivity contribution in [1.29, 1.82) is 0 Å². The highest BCUT2D eigenvalue weighted by molar-refractivity contribution is 9.09. The van der Waals surface area contributed by atoms with Gasteiger partial charge in [-0.25, -0.2) is 0 Å². The average Bonchev–Trinajstić information content (AvgIpc) is 3.09. The minimum atomic E-state index is -0.300. The summed E-state index contributed by atoms with van der Waals surface area (Å²) in [6.45, 7) is 7.23. The van der Waals surface area contributed by atoms with Gasteiger partial charge in [0.2, 0.25) is 0 Å². The largest absolute Gasteiger partial charge is 0.378 e. The maximum absolute atomic E-state index is 11.3. The lowest BCUT2D eigenvalue weighted by atomic mass is 10.5. The van der Waals surface area contributed by atoms with Crippen molar-refractivity contribution >= 4 is 27.7 Å².